The van der Waals surface area contributed by atoms with E-state index in [0.717, 1.165) is 106 Å². The van der Waals surface area contributed by atoms with E-state index >= 15 is 0 Å². The Hall–Kier alpha value is -2.20. The van der Waals surface area contributed by atoms with Gasteiger partial charge in [0.2, 0.25) is 0 Å². The van der Waals surface area contributed by atoms with Gasteiger partial charge in [-0.1, -0.05) is 64.8 Å². The van der Waals surface area contributed by atoms with Gasteiger partial charge in [-0.25, -0.2) is 0 Å². The smallest absolute Gasteiger partial charge is 0.311 e. The summed E-state index contributed by atoms with van der Waals surface area (Å²) >= 11 is 0. The lowest BCUT2D eigenvalue weighted by molar-refractivity contribution is -0.175. The molecule has 14 rings (SSSR count). The van der Waals surface area contributed by atoms with E-state index in [1.165, 1.54) is 77.0 Å². The predicted molar refractivity (Wildman–Crippen MR) is 297 cm³/mol. The molecule has 0 amide bonds. The standard InChI is InChI=1S/C31H46O5.C28H42O5.6CH4/c1-4-30(2,3)29(33)36-25-11-21-10-24(25)27-22-8-20(26(21)27)9-23(22)28(32)35-16-34-15-31-12-17-5-18(13-31)7-19(6-17)14-31;1-4-28(2,3)27(30)33-23-12-18-11-22(23)25-20-9-17(24(18)25)10-21(20)26(29)32-14-31-13-19-8-15-5-6-16(19)7-15;;;;;;/h17-27H,4-16H2,1-3H3;15-25H,4-14H2,1-3H3;6*1H4. The van der Waals surface area contributed by atoms with Crippen molar-refractivity contribution in [2.45, 2.75) is 227 Å². The van der Waals surface area contributed by atoms with E-state index in [4.69, 9.17) is 28.4 Å². The van der Waals surface area contributed by atoms with Crippen molar-refractivity contribution in [1.82, 2.24) is 0 Å². The second-order valence-electron chi connectivity index (χ2n) is 28.2. The lowest BCUT2D eigenvalue weighted by atomic mass is 9.50. The van der Waals surface area contributed by atoms with E-state index in [-0.39, 0.29) is 106 Å². The fourth-order valence-electron chi connectivity index (χ4n) is 20.7. The fourth-order valence-corrected chi connectivity index (χ4v) is 20.7. The van der Waals surface area contributed by atoms with Crippen molar-refractivity contribution < 1.29 is 47.6 Å². The Balaban J connectivity index is 0.000000226. The molecule has 0 radical (unpaired) electrons. The molecule has 75 heavy (non-hydrogen) atoms. The van der Waals surface area contributed by atoms with Gasteiger partial charge in [0.1, 0.15) is 12.2 Å². The lowest BCUT2D eigenvalue weighted by Crippen LogP contribution is -2.48. The minimum Gasteiger partial charge on any atom is -0.462 e. The van der Waals surface area contributed by atoms with Gasteiger partial charge in [0.15, 0.2) is 13.6 Å². The van der Waals surface area contributed by atoms with Crippen LogP contribution in [0.25, 0.3) is 0 Å². The summed E-state index contributed by atoms with van der Waals surface area (Å²) in [5.74, 6) is 12.0. The average Bonchev–Trinajstić information content (AvgIpc) is 4.18. The van der Waals surface area contributed by atoms with Crippen LogP contribution in [0.2, 0.25) is 0 Å². The number of fused-ring (bicyclic) bond motifs is 20. The first-order valence-electron chi connectivity index (χ1n) is 29.0. The Kier molecular flexibility index (Phi) is 19.4. The van der Waals surface area contributed by atoms with Crippen molar-refractivity contribution in [3.63, 3.8) is 0 Å². The van der Waals surface area contributed by atoms with Crippen molar-refractivity contribution >= 4 is 23.9 Å². The summed E-state index contributed by atoms with van der Waals surface area (Å²) in [4.78, 5) is 51.7. The molecule has 0 aromatic carbocycles. The molecule has 14 fully saturated rings. The largest absolute Gasteiger partial charge is 0.462 e. The number of rotatable bonds is 16. The van der Waals surface area contributed by atoms with Gasteiger partial charge in [-0.05, 0) is 262 Å². The van der Waals surface area contributed by atoms with Gasteiger partial charge in [-0.3, -0.25) is 19.2 Å². The minimum atomic E-state index is -0.418. The molecule has 14 aliphatic carbocycles. The van der Waals surface area contributed by atoms with Gasteiger partial charge < -0.3 is 28.4 Å². The molecule has 0 aliphatic heterocycles. The zero-order chi connectivity index (χ0) is 47.7. The third kappa shape index (κ3) is 10.9. The maximum atomic E-state index is 13.2. The van der Waals surface area contributed by atoms with Crippen molar-refractivity contribution in [3.05, 3.63) is 0 Å². The highest BCUT2D eigenvalue weighted by Gasteiger charge is 2.68. The molecule has 0 saturated heterocycles. The van der Waals surface area contributed by atoms with E-state index in [1.807, 2.05) is 34.6 Å². The summed E-state index contributed by atoms with van der Waals surface area (Å²) in [7, 11) is 0. The van der Waals surface area contributed by atoms with Crippen LogP contribution in [0.1, 0.15) is 215 Å². The number of carbonyl (C=O) groups excluding carboxylic acids is 4. The Bertz CT molecular complexity index is 1940. The third-order valence-electron chi connectivity index (χ3n) is 23.9. The average molecular weight is 1050 g/mol. The first-order chi connectivity index (χ1) is 33.1. The zero-order valence-corrected chi connectivity index (χ0v) is 43.3. The summed E-state index contributed by atoms with van der Waals surface area (Å²) < 4.78 is 35.5. The fraction of sp³-hybridized carbons (Fsp3) is 0.938. The molecule has 19 unspecified atom stereocenters. The van der Waals surface area contributed by atoms with Crippen LogP contribution in [0.3, 0.4) is 0 Å². The molecule has 432 valence electrons. The summed E-state index contributed by atoms with van der Waals surface area (Å²) in [5, 5.41) is 0. The van der Waals surface area contributed by atoms with Crippen molar-refractivity contribution in [1.29, 1.82) is 0 Å². The van der Waals surface area contributed by atoms with E-state index in [9.17, 15) is 19.2 Å². The molecule has 0 spiro atoms. The van der Waals surface area contributed by atoms with Gasteiger partial charge in [0.25, 0.3) is 0 Å². The Labute approximate surface area is 457 Å². The molecular formula is C65H112O10. The molecular weight excluding hydrogens is 941 g/mol. The summed E-state index contributed by atoms with van der Waals surface area (Å²) in [5.41, 5.74) is -0.471. The van der Waals surface area contributed by atoms with Gasteiger partial charge in [0, 0.05) is 0 Å². The van der Waals surface area contributed by atoms with Gasteiger partial charge in [-0.2, -0.15) is 0 Å². The number of ether oxygens (including phenoxy) is 6. The van der Waals surface area contributed by atoms with Crippen LogP contribution in [0.4, 0.5) is 0 Å². The van der Waals surface area contributed by atoms with Crippen LogP contribution in [0, 0.1) is 135 Å². The molecule has 10 nitrogen and oxygen atoms in total. The molecule has 0 N–H and O–H groups in total. The molecule has 14 saturated carbocycles. The topological polar surface area (TPSA) is 124 Å². The first-order valence-corrected chi connectivity index (χ1v) is 29.0. The Morgan fingerprint density at radius 2 is 0.880 bits per heavy atom. The zero-order valence-electron chi connectivity index (χ0n) is 43.3. The molecule has 0 aromatic rings. The van der Waals surface area contributed by atoms with E-state index < -0.39 is 10.8 Å². The monoisotopic (exact) mass is 1050 g/mol. The number of esters is 4. The summed E-state index contributed by atoms with van der Waals surface area (Å²) in [6.07, 6.45) is 24.2. The van der Waals surface area contributed by atoms with Crippen molar-refractivity contribution in [2.24, 2.45) is 135 Å². The van der Waals surface area contributed by atoms with Crippen LogP contribution in [-0.2, 0) is 47.6 Å². The molecule has 0 aromatic heterocycles. The van der Waals surface area contributed by atoms with Crippen LogP contribution in [0.5, 0.6) is 0 Å². The van der Waals surface area contributed by atoms with Gasteiger partial charge >= 0.3 is 23.9 Å². The van der Waals surface area contributed by atoms with E-state index in [1.54, 1.807) is 0 Å². The SMILES string of the molecule is C.C.C.C.C.C.CCC(C)(C)C(=O)OC1CC2CC1C1C3CC(CC3C(=O)OCOCC34CC5CC(CC(C5)C3)C4)C21.CCC(C)(C)C(=O)OC1CC2CC1C1C3CC(CC3C(=O)OCOCC3CC4CCC3C4)C21. The quantitative estimate of drug-likeness (QED) is 0.0485. The highest BCUT2D eigenvalue weighted by molar-refractivity contribution is 5.77. The van der Waals surface area contributed by atoms with Crippen LogP contribution in [0.15, 0.2) is 0 Å². The van der Waals surface area contributed by atoms with E-state index in [0.29, 0.717) is 70.5 Å². The first kappa shape index (κ1) is 62.0. The Morgan fingerprint density at radius 1 is 0.453 bits per heavy atom. The van der Waals surface area contributed by atoms with Gasteiger partial charge in [0.05, 0.1) is 35.9 Å². The number of carbonyl (C=O) groups is 4. The summed E-state index contributed by atoms with van der Waals surface area (Å²) in [6.45, 7) is 13.8. The number of hydrogen-bond donors (Lipinski definition) is 0. The lowest BCUT2D eigenvalue weighted by Gasteiger charge is -2.56. The van der Waals surface area contributed by atoms with E-state index in [2.05, 4.69) is 6.92 Å². The maximum absolute atomic E-state index is 13.2. The summed E-state index contributed by atoms with van der Waals surface area (Å²) in [6, 6.07) is 0. The second-order valence-corrected chi connectivity index (χ2v) is 28.2. The normalized spacial score (nSPS) is 44.3. The van der Waals surface area contributed by atoms with Crippen molar-refractivity contribution in [3.8, 4) is 0 Å². The molecule has 14 bridgehead atoms. The Morgan fingerprint density at radius 3 is 1.29 bits per heavy atom. The third-order valence-corrected chi connectivity index (χ3v) is 23.9. The number of hydrogen-bond acceptors (Lipinski definition) is 10. The minimum absolute atomic E-state index is 0. The second kappa shape index (κ2) is 23.5. The van der Waals surface area contributed by atoms with Gasteiger partial charge in [-0.15, -0.1) is 0 Å². The maximum Gasteiger partial charge on any atom is 0.311 e. The molecule has 10 heteroatoms. The molecule has 19 atom stereocenters. The predicted octanol–water partition coefficient (Wildman–Crippen LogP) is 15.0. The van der Waals surface area contributed by atoms with Crippen molar-refractivity contribution in [2.75, 3.05) is 26.8 Å². The van der Waals surface area contributed by atoms with Crippen LogP contribution >= 0.6 is 0 Å². The molecule has 14 aliphatic rings. The molecule has 0 heterocycles. The van der Waals surface area contributed by atoms with Crippen LogP contribution < -0.4 is 0 Å². The highest BCUT2D eigenvalue weighted by atomic mass is 16.7. The highest BCUT2D eigenvalue weighted by Crippen LogP contribution is 2.71. The van der Waals surface area contributed by atoms with Crippen LogP contribution in [-0.4, -0.2) is 62.9 Å².